The molecule has 2 rings (SSSR count). The van der Waals surface area contributed by atoms with Gasteiger partial charge in [-0.25, -0.2) is 0 Å². The monoisotopic (exact) mass is 264 g/mol. The van der Waals surface area contributed by atoms with E-state index in [0.29, 0.717) is 11.7 Å². The van der Waals surface area contributed by atoms with Crippen molar-refractivity contribution in [3.8, 4) is 11.5 Å². The van der Waals surface area contributed by atoms with Crippen molar-refractivity contribution < 1.29 is 9.84 Å². The molecule has 0 bridgehead atoms. The van der Waals surface area contributed by atoms with E-state index in [0.717, 1.165) is 30.9 Å². The molecule has 1 fully saturated rings. The summed E-state index contributed by atoms with van der Waals surface area (Å²) in [6.07, 6.45) is 2.39. The number of piperidine rings is 1. The third-order valence-corrected chi connectivity index (χ3v) is 4.12. The molecule has 1 aliphatic rings. The quantitative estimate of drug-likeness (QED) is 0.874. The van der Waals surface area contributed by atoms with Crippen molar-refractivity contribution in [3.63, 3.8) is 0 Å². The van der Waals surface area contributed by atoms with Crippen molar-refractivity contribution in [2.24, 2.45) is 11.7 Å². The average Bonchev–Trinajstić information content (AvgIpc) is 2.47. The largest absolute Gasteiger partial charge is 0.508 e. The van der Waals surface area contributed by atoms with E-state index in [9.17, 15) is 5.11 Å². The summed E-state index contributed by atoms with van der Waals surface area (Å²) in [6, 6.07) is 5.59. The SMILES string of the molecule is COc1ccc(O)c(C(C)N2CCCC(CN)C2)c1. The Morgan fingerprint density at radius 3 is 3.00 bits per heavy atom. The molecule has 1 aromatic carbocycles. The minimum absolute atomic E-state index is 0.185. The highest BCUT2D eigenvalue weighted by Crippen LogP contribution is 2.33. The van der Waals surface area contributed by atoms with Gasteiger partial charge in [-0.1, -0.05) is 0 Å². The molecular weight excluding hydrogens is 240 g/mol. The number of nitrogens with two attached hydrogens (primary N) is 1. The molecule has 0 aliphatic carbocycles. The molecule has 0 spiro atoms. The summed E-state index contributed by atoms with van der Waals surface area (Å²) in [5, 5.41) is 10.0. The fraction of sp³-hybridized carbons (Fsp3) is 0.600. The topological polar surface area (TPSA) is 58.7 Å². The molecule has 0 amide bonds. The maximum atomic E-state index is 10.0. The number of ether oxygens (including phenoxy) is 1. The number of hydrogen-bond acceptors (Lipinski definition) is 4. The fourth-order valence-corrected chi connectivity index (χ4v) is 2.83. The summed E-state index contributed by atoms with van der Waals surface area (Å²) in [6.45, 7) is 4.95. The summed E-state index contributed by atoms with van der Waals surface area (Å²) in [4.78, 5) is 2.40. The Kier molecular flexibility index (Phi) is 4.66. The molecule has 1 aliphatic heterocycles. The molecular formula is C15H24N2O2. The number of phenolic OH excluding ortho intramolecular Hbond substituents is 1. The highest BCUT2D eigenvalue weighted by atomic mass is 16.5. The van der Waals surface area contributed by atoms with Crippen LogP contribution < -0.4 is 10.5 Å². The number of likely N-dealkylation sites (tertiary alicyclic amines) is 1. The van der Waals surface area contributed by atoms with Gasteiger partial charge in [-0.2, -0.15) is 0 Å². The number of aromatic hydroxyl groups is 1. The number of rotatable bonds is 4. The van der Waals surface area contributed by atoms with Gasteiger partial charge in [0.2, 0.25) is 0 Å². The van der Waals surface area contributed by atoms with Gasteiger partial charge >= 0.3 is 0 Å². The first kappa shape index (κ1) is 14.2. The van der Waals surface area contributed by atoms with Gasteiger partial charge in [0, 0.05) is 18.2 Å². The summed E-state index contributed by atoms with van der Waals surface area (Å²) >= 11 is 0. The van der Waals surface area contributed by atoms with Crippen LogP contribution in [0.4, 0.5) is 0 Å². The number of phenols is 1. The molecule has 0 saturated carbocycles. The molecule has 106 valence electrons. The van der Waals surface area contributed by atoms with Crippen molar-refractivity contribution >= 4 is 0 Å². The van der Waals surface area contributed by atoms with Crippen molar-refractivity contribution in [3.05, 3.63) is 23.8 Å². The minimum atomic E-state index is 0.185. The second-order valence-corrected chi connectivity index (χ2v) is 5.34. The molecule has 1 heterocycles. The van der Waals surface area contributed by atoms with Crippen molar-refractivity contribution in [1.29, 1.82) is 0 Å². The lowest BCUT2D eigenvalue weighted by Gasteiger charge is -2.36. The second-order valence-electron chi connectivity index (χ2n) is 5.34. The van der Waals surface area contributed by atoms with E-state index in [1.165, 1.54) is 12.8 Å². The highest BCUT2D eigenvalue weighted by molar-refractivity contribution is 5.41. The van der Waals surface area contributed by atoms with Crippen LogP contribution in [0.1, 0.15) is 31.4 Å². The zero-order chi connectivity index (χ0) is 13.8. The predicted octanol–water partition coefficient (Wildman–Crippen LogP) is 2.13. The van der Waals surface area contributed by atoms with Gasteiger partial charge in [-0.3, -0.25) is 4.90 Å². The Balaban J connectivity index is 2.16. The fourth-order valence-electron chi connectivity index (χ4n) is 2.83. The highest BCUT2D eigenvalue weighted by Gasteiger charge is 2.25. The summed E-state index contributed by atoms with van der Waals surface area (Å²) in [7, 11) is 1.65. The van der Waals surface area contributed by atoms with Gasteiger partial charge < -0.3 is 15.6 Å². The van der Waals surface area contributed by atoms with Gasteiger partial charge in [-0.05, 0) is 57.0 Å². The standard InChI is InChI=1S/C15H24N2O2/c1-11(17-7-3-4-12(9-16)10-17)14-8-13(19-2)5-6-15(14)18/h5-6,8,11-12,18H,3-4,7,9-10,16H2,1-2H3. The summed E-state index contributed by atoms with van der Waals surface area (Å²) in [5.41, 5.74) is 6.71. The zero-order valence-electron chi connectivity index (χ0n) is 11.8. The van der Waals surface area contributed by atoms with Crippen LogP contribution in [0.3, 0.4) is 0 Å². The van der Waals surface area contributed by atoms with Gasteiger partial charge in [0.1, 0.15) is 11.5 Å². The molecule has 4 heteroatoms. The molecule has 19 heavy (non-hydrogen) atoms. The second kappa shape index (κ2) is 6.26. The zero-order valence-corrected chi connectivity index (χ0v) is 11.8. The lowest BCUT2D eigenvalue weighted by molar-refractivity contribution is 0.133. The third-order valence-electron chi connectivity index (χ3n) is 4.12. The molecule has 4 nitrogen and oxygen atoms in total. The molecule has 1 saturated heterocycles. The first-order valence-corrected chi connectivity index (χ1v) is 6.96. The Morgan fingerprint density at radius 2 is 2.32 bits per heavy atom. The normalized spacial score (nSPS) is 22.2. The van der Waals surface area contributed by atoms with E-state index in [2.05, 4.69) is 11.8 Å². The third kappa shape index (κ3) is 3.19. The van der Waals surface area contributed by atoms with Crippen molar-refractivity contribution in [2.45, 2.75) is 25.8 Å². The van der Waals surface area contributed by atoms with E-state index < -0.39 is 0 Å². The van der Waals surface area contributed by atoms with Crippen LogP contribution in [-0.2, 0) is 0 Å². The Hall–Kier alpha value is -1.26. The van der Waals surface area contributed by atoms with E-state index in [-0.39, 0.29) is 6.04 Å². The van der Waals surface area contributed by atoms with E-state index in [4.69, 9.17) is 10.5 Å². The molecule has 1 aromatic rings. The minimum Gasteiger partial charge on any atom is -0.508 e. The van der Waals surface area contributed by atoms with E-state index in [1.807, 2.05) is 6.07 Å². The van der Waals surface area contributed by atoms with Gasteiger partial charge in [-0.15, -0.1) is 0 Å². The van der Waals surface area contributed by atoms with Crippen LogP contribution in [0.25, 0.3) is 0 Å². The predicted molar refractivity (Wildman–Crippen MR) is 76.4 cm³/mol. The summed E-state index contributed by atoms with van der Waals surface area (Å²) in [5.74, 6) is 1.69. The van der Waals surface area contributed by atoms with Crippen LogP contribution in [0, 0.1) is 5.92 Å². The maximum absolute atomic E-state index is 10.0. The number of benzene rings is 1. The molecule has 0 radical (unpaired) electrons. The molecule has 3 N–H and O–H groups in total. The van der Waals surface area contributed by atoms with E-state index >= 15 is 0 Å². The van der Waals surface area contributed by atoms with Gasteiger partial charge in [0.05, 0.1) is 7.11 Å². The number of methoxy groups -OCH3 is 1. The molecule has 2 atom stereocenters. The lowest BCUT2D eigenvalue weighted by atomic mass is 9.95. The van der Waals surface area contributed by atoms with Crippen LogP contribution in [0.5, 0.6) is 11.5 Å². The van der Waals surface area contributed by atoms with Gasteiger partial charge in [0.15, 0.2) is 0 Å². The van der Waals surface area contributed by atoms with Crippen LogP contribution in [0.2, 0.25) is 0 Å². The molecule has 2 unspecified atom stereocenters. The number of hydrogen-bond donors (Lipinski definition) is 2. The van der Waals surface area contributed by atoms with Crippen LogP contribution in [-0.4, -0.2) is 36.8 Å². The number of nitrogens with zero attached hydrogens (tertiary/aromatic N) is 1. The maximum Gasteiger partial charge on any atom is 0.120 e. The Bertz CT molecular complexity index is 423. The first-order chi connectivity index (χ1) is 9.15. The van der Waals surface area contributed by atoms with Gasteiger partial charge in [0.25, 0.3) is 0 Å². The molecule has 0 aromatic heterocycles. The first-order valence-electron chi connectivity index (χ1n) is 6.96. The van der Waals surface area contributed by atoms with Crippen molar-refractivity contribution in [2.75, 3.05) is 26.7 Å². The van der Waals surface area contributed by atoms with Crippen LogP contribution in [0.15, 0.2) is 18.2 Å². The van der Waals surface area contributed by atoms with E-state index in [1.54, 1.807) is 19.2 Å². The average molecular weight is 264 g/mol. The Labute approximate surface area is 115 Å². The lowest BCUT2D eigenvalue weighted by Crippen LogP contribution is -2.39. The summed E-state index contributed by atoms with van der Waals surface area (Å²) < 4.78 is 5.24. The smallest absolute Gasteiger partial charge is 0.120 e. The van der Waals surface area contributed by atoms with Crippen molar-refractivity contribution in [1.82, 2.24) is 4.90 Å². The Morgan fingerprint density at radius 1 is 1.53 bits per heavy atom. The van der Waals surface area contributed by atoms with Crippen LogP contribution >= 0.6 is 0 Å².